The Bertz CT molecular complexity index is 1110. The normalized spacial score (nSPS) is 12.2. The van der Waals surface area contributed by atoms with Crippen molar-refractivity contribution in [2.24, 2.45) is 11.5 Å². The van der Waals surface area contributed by atoms with Crippen LogP contribution in [0.2, 0.25) is 0 Å². The highest BCUT2D eigenvalue weighted by Crippen LogP contribution is 2.27. The van der Waals surface area contributed by atoms with E-state index in [-0.39, 0.29) is 11.5 Å². The van der Waals surface area contributed by atoms with E-state index in [0.29, 0.717) is 42.6 Å². The number of carbonyl (C=O) groups excluding carboxylic acids is 4. The molecule has 11 nitrogen and oxygen atoms in total. The molecule has 0 aliphatic carbocycles. The summed E-state index contributed by atoms with van der Waals surface area (Å²) < 4.78 is 0. The first-order valence-electron chi connectivity index (χ1n) is 11.4. The minimum Gasteiger partial charge on any atom is -0.481 e. The molecular formula is C25H31N5O6. The fraction of sp³-hybridized carbons (Fsp3) is 0.320. The number of primary amides is 1. The molecule has 2 aromatic carbocycles. The van der Waals surface area contributed by atoms with Crippen molar-refractivity contribution >= 4 is 35.3 Å². The second-order valence-electron chi connectivity index (χ2n) is 8.18. The van der Waals surface area contributed by atoms with Crippen molar-refractivity contribution in [1.29, 1.82) is 0 Å². The molecule has 4 amide bonds. The minimum absolute atomic E-state index is 0.150. The molecule has 0 heterocycles. The average molecular weight is 498 g/mol. The number of amides is 4. The molecule has 0 saturated heterocycles. The van der Waals surface area contributed by atoms with Crippen LogP contribution in [0.3, 0.4) is 0 Å². The van der Waals surface area contributed by atoms with Gasteiger partial charge in [0.05, 0.1) is 6.42 Å². The van der Waals surface area contributed by atoms with E-state index in [1.165, 1.54) is 19.1 Å². The minimum atomic E-state index is -1.40. The first kappa shape index (κ1) is 28.0. The maximum atomic E-state index is 13.0. The molecule has 0 aliphatic rings. The van der Waals surface area contributed by atoms with E-state index in [1.54, 1.807) is 36.4 Å². The van der Waals surface area contributed by atoms with Gasteiger partial charge in [0.25, 0.3) is 5.91 Å². The molecule has 0 bridgehead atoms. The first-order chi connectivity index (χ1) is 17.1. The SMILES string of the molecule is CC(=O)NC(CCCCN)C(=O)Nc1ccc(C(=O)NC(CC(=O)O)C(N)=O)c(-c2ccccc2)c1. The molecule has 0 radical (unpaired) electrons. The number of carboxylic acid groups (broad SMARTS) is 1. The Morgan fingerprint density at radius 2 is 1.64 bits per heavy atom. The van der Waals surface area contributed by atoms with E-state index < -0.39 is 42.2 Å². The van der Waals surface area contributed by atoms with Crippen molar-refractivity contribution in [2.75, 3.05) is 11.9 Å². The summed E-state index contributed by atoms with van der Waals surface area (Å²) in [6.45, 7) is 1.80. The van der Waals surface area contributed by atoms with Crippen molar-refractivity contribution in [3.8, 4) is 11.1 Å². The molecule has 36 heavy (non-hydrogen) atoms. The van der Waals surface area contributed by atoms with Gasteiger partial charge in [-0.2, -0.15) is 0 Å². The number of benzene rings is 2. The Balaban J connectivity index is 2.36. The highest BCUT2D eigenvalue weighted by atomic mass is 16.4. The number of unbranched alkanes of at least 4 members (excludes halogenated alkanes) is 1. The first-order valence-corrected chi connectivity index (χ1v) is 11.4. The van der Waals surface area contributed by atoms with Crippen LogP contribution in [0, 0.1) is 0 Å². The van der Waals surface area contributed by atoms with Gasteiger partial charge in [0, 0.05) is 18.2 Å². The quantitative estimate of drug-likeness (QED) is 0.222. The molecule has 192 valence electrons. The van der Waals surface area contributed by atoms with Gasteiger partial charge in [-0.05, 0) is 55.1 Å². The number of carboxylic acids is 1. The molecule has 2 aromatic rings. The molecule has 2 unspecified atom stereocenters. The average Bonchev–Trinajstić information content (AvgIpc) is 2.83. The van der Waals surface area contributed by atoms with Gasteiger partial charge < -0.3 is 32.5 Å². The molecule has 2 atom stereocenters. The lowest BCUT2D eigenvalue weighted by Crippen LogP contribution is -2.45. The van der Waals surface area contributed by atoms with Gasteiger partial charge in [-0.15, -0.1) is 0 Å². The molecule has 0 aliphatic heterocycles. The summed E-state index contributed by atoms with van der Waals surface area (Å²) in [6.07, 6.45) is 1.11. The van der Waals surface area contributed by atoms with Crippen LogP contribution in [0.1, 0.15) is 43.0 Å². The smallest absolute Gasteiger partial charge is 0.305 e. The van der Waals surface area contributed by atoms with Crippen LogP contribution >= 0.6 is 0 Å². The number of hydrogen-bond acceptors (Lipinski definition) is 6. The number of nitrogens with one attached hydrogen (secondary N) is 3. The van der Waals surface area contributed by atoms with E-state index in [2.05, 4.69) is 16.0 Å². The van der Waals surface area contributed by atoms with E-state index in [4.69, 9.17) is 16.6 Å². The third kappa shape index (κ3) is 8.51. The monoisotopic (exact) mass is 497 g/mol. The van der Waals surface area contributed by atoms with E-state index in [1.807, 2.05) is 0 Å². The van der Waals surface area contributed by atoms with Crippen molar-refractivity contribution in [3.63, 3.8) is 0 Å². The Hall–Kier alpha value is -4.25. The Morgan fingerprint density at radius 3 is 2.22 bits per heavy atom. The highest BCUT2D eigenvalue weighted by molar-refractivity contribution is 6.05. The predicted octanol–water partition coefficient (Wildman–Crippen LogP) is 0.984. The zero-order chi connectivity index (χ0) is 26.7. The van der Waals surface area contributed by atoms with Gasteiger partial charge in [0.1, 0.15) is 12.1 Å². The topological polar surface area (TPSA) is 194 Å². The van der Waals surface area contributed by atoms with Gasteiger partial charge in [-0.25, -0.2) is 0 Å². The third-order valence-corrected chi connectivity index (χ3v) is 5.28. The van der Waals surface area contributed by atoms with E-state index in [0.717, 1.165) is 0 Å². The second kappa shape index (κ2) is 13.6. The zero-order valence-corrected chi connectivity index (χ0v) is 20.0. The maximum absolute atomic E-state index is 13.0. The molecule has 0 aromatic heterocycles. The summed E-state index contributed by atoms with van der Waals surface area (Å²) >= 11 is 0. The van der Waals surface area contributed by atoms with Crippen LogP contribution in [-0.4, -0.2) is 53.3 Å². The molecule has 0 saturated carbocycles. The van der Waals surface area contributed by atoms with Gasteiger partial charge in [0.2, 0.25) is 17.7 Å². The van der Waals surface area contributed by atoms with Crippen LogP contribution in [0.15, 0.2) is 48.5 Å². The second-order valence-corrected chi connectivity index (χ2v) is 8.18. The summed E-state index contributed by atoms with van der Waals surface area (Å²) in [5, 5.41) is 16.8. The van der Waals surface area contributed by atoms with Crippen LogP contribution in [0.5, 0.6) is 0 Å². The molecular weight excluding hydrogens is 466 g/mol. The summed E-state index contributed by atoms with van der Waals surface area (Å²) in [5.41, 5.74) is 12.4. The lowest BCUT2D eigenvalue weighted by molar-refractivity contribution is -0.139. The number of nitrogens with two attached hydrogens (primary N) is 2. The Kier molecular flexibility index (Phi) is 10.6. The summed E-state index contributed by atoms with van der Waals surface area (Å²) in [5.74, 6) is -3.73. The van der Waals surface area contributed by atoms with Gasteiger partial charge in [0.15, 0.2) is 0 Å². The molecule has 11 heteroatoms. The summed E-state index contributed by atoms with van der Waals surface area (Å²) in [7, 11) is 0. The lowest BCUT2D eigenvalue weighted by Gasteiger charge is -2.19. The number of hydrogen-bond donors (Lipinski definition) is 6. The molecule has 2 rings (SSSR count). The van der Waals surface area contributed by atoms with Gasteiger partial charge in [-0.1, -0.05) is 30.3 Å². The Morgan fingerprint density at radius 1 is 0.944 bits per heavy atom. The number of rotatable bonds is 13. The zero-order valence-electron chi connectivity index (χ0n) is 20.0. The summed E-state index contributed by atoms with van der Waals surface area (Å²) in [4.78, 5) is 60.1. The third-order valence-electron chi connectivity index (χ3n) is 5.28. The number of carbonyl (C=O) groups is 5. The fourth-order valence-corrected chi connectivity index (χ4v) is 3.55. The molecule has 0 fully saturated rings. The van der Waals surface area contributed by atoms with Gasteiger partial charge in [-0.3, -0.25) is 24.0 Å². The van der Waals surface area contributed by atoms with Crippen LogP contribution in [-0.2, 0) is 19.2 Å². The van der Waals surface area contributed by atoms with E-state index >= 15 is 0 Å². The van der Waals surface area contributed by atoms with Crippen molar-refractivity contribution in [2.45, 2.75) is 44.7 Å². The fourth-order valence-electron chi connectivity index (χ4n) is 3.55. The lowest BCUT2D eigenvalue weighted by atomic mass is 9.97. The van der Waals surface area contributed by atoms with Crippen molar-refractivity contribution in [1.82, 2.24) is 10.6 Å². The van der Waals surface area contributed by atoms with Crippen LogP contribution in [0.25, 0.3) is 11.1 Å². The molecule has 0 spiro atoms. The number of anilines is 1. The van der Waals surface area contributed by atoms with Crippen LogP contribution in [0.4, 0.5) is 5.69 Å². The predicted molar refractivity (Wildman–Crippen MR) is 134 cm³/mol. The van der Waals surface area contributed by atoms with Crippen molar-refractivity contribution < 1.29 is 29.1 Å². The standard InChI is InChI=1S/C25H31N5O6/c1-15(31)28-20(9-5-6-12-26)25(36)29-17-10-11-18(19(13-17)16-7-3-2-4-8-16)24(35)30-21(23(27)34)14-22(32)33/h2-4,7-8,10-11,13,20-21H,5-6,9,12,14,26H2,1H3,(H2,27,34)(H,28,31)(H,29,36)(H,30,35)(H,32,33). The van der Waals surface area contributed by atoms with Crippen molar-refractivity contribution in [3.05, 3.63) is 54.1 Å². The largest absolute Gasteiger partial charge is 0.481 e. The maximum Gasteiger partial charge on any atom is 0.305 e. The van der Waals surface area contributed by atoms with Crippen LogP contribution < -0.4 is 27.4 Å². The van der Waals surface area contributed by atoms with Gasteiger partial charge >= 0.3 is 5.97 Å². The highest BCUT2D eigenvalue weighted by Gasteiger charge is 2.24. The molecule has 8 N–H and O–H groups in total. The summed E-state index contributed by atoms with van der Waals surface area (Å²) in [6, 6.07) is 11.2. The van der Waals surface area contributed by atoms with E-state index in [9.17, 15) is 24.0 Å². The number of aliphatic carboxylic acids is 1. The Labute approximate surface area is 208 Å².